The van der Waals surface area contributed by atoms with Crippen LogP contribution in [0.1, 0.15) is 49.7 Å². The fourth-order valence-electron chi connectivity index (χ4n) is 4.21. The van der Waals surface area contributed by atoms with Gasteiger partial charge in [0.05, 0.1) is 24.0 Å². The molecule has 2 aliphatic heterocycles. The van der Waals surface area contributed by atoms with Gasteiger partial charge in [-0.05, 0) is 36.2 Å². The van der Waals surface area contributed by atoms with Crippen molar-refractivity contribution in [2.24, 2.45) is 0 Å². The summed E-state index contributed by atoms with van der Waals surface area (Å²) in [6.45, 7) is 0.582. The van der Waals surface area contributed by atoms with E-state index >= 15 is 0 Å². The zero-order valence-electron chi connectivity index (χ0n) is 18.6. The number of aromatic nitrogens is 3. The fraction of sp³-hybridized carbons (Fsp3) is 0.261. The van der Waals surface area contributed by atoms with Crippen LogP contribution < -0.4 is 5.32 Å². The molecule has 1 aromatic carbocycles. The molecule has 1 fully saturated rings. The van der Waals surface area contributed by atoms with Crippen LogP contribution in [0.4, 0.5) is 0 Å². The molecule has 35 heavy (non-hydrogen) atoms. The first-order chi connectivity index (χ1) is 16.8. The van der Waals surface area contributed by atoms with Crippen molar-refractivity contribution in [2.75, 3.05) is 7.05 Å². The molecule has 11 nitrogen and oxygen atoms in total. The number of imide groups is 1. The summed E-state index contributed by atoms with van der Waals surface area (Å²) >= 11 is 1.41. The number of rotatable bonds is 5. The monoisotopic (exact) mass is 489 g/mol. The first-order valence-corrected chi connectivity index (χ1v) is 11.7. The van der Waals surface area contributed by atoms with Crippen LogP contribution in [0.2, 0.25) is 0 Å². The van der Waals surface area contributed by atoms with Crippen LogP contribution in [0.5, 0.6) is 0 Å². The third-order valence-electron chi connectivity index (χ3n) is 6.01. The second kappa shape index (κ2) is 8.77. The molecule has 0 radical (unpaired) electrons. The Morgan fingerprint density at radius 2 is 2.14 bits per heavy atom. The number of amides is 4. The zero-order chi connectivity index (χ0) is 24.7. The van der Waals surface area contributed by atoms with E-state index in [-0.39, 0.29) is 36.4 Å². The third-order valence-corrected chi connectivity index (χ3v) is 6.93. The lowest BCUT2D eigenvalue weighted by atomic mass is 10.0. The number of benzene rings is 1. The highest BCUT2D eigenvalue weighted by molar-refractivity contribution is 7.10. The van der Waals surface area contributed by atoms with E-state index in [0.29, 0.717) is 29.8 Å². The lowest BCUT2D eigenvalue weighted by Crippen LogP contribution is -2.52. The minimum Gasteiger partial charge on any atom is -0.335 e. The summed E-state index contributed by atoms with van der Waals surface area (Å²) in [5, 5.41) is 21.1. The van der Waals surface area contributed by atoms with Crippen molar-refractivity contribution in [3.05, 3.63) is 63.1 Å². The highest BCUT2D eigenvalue weighted by Gasteiger charge is 2.39. The standard InChI is InChI=1S/C23H19N7O4S/c1-28(10-16-6-13(8-24)12-35-16)23(34)18-11-30(27-26-18)15-2-3-17-14(7-15)9-29(22(17)33)19-4-5-20(31)25-21(19)32/h2-3,6-7,11-12,19H,4-5,9-10H2,1H3,(H,25,31,32). The van der Waals surface area contributed by atoms with Crippen LogP contribution in [-0.2, 0) is 22.7 Å². The lowest BCUT2D eigenvalue weighted by Gasteiger charge is -2.29. The number of hydrogen-bond acceptors (Lipinski definition) is 8. The van der Waals surface area contributed by atoms with E-state index in [2.05, 4.69) is 21.7 Å². The summed E-state index contributed by atoms with van der Waals surface area (Å²) in [6.07, 6.45) is 2.00. The Kier molecular flexibility index (Phi) is 5.62. The molecule has 0 saturated carbocycles. The number of carbonyl (C=O) groups excluding carboxylic acids is 4. The number of carbonyl (C=O) groups is 4. The van der Waals surface area contributed by atoms with E-state index < -0.39 is 11.9 Å². The SMILES string of the molecule is CN(Cc1cc(C#N)cs1)C(=O)c1cn(-c2ccc3c(c2)CN(C2CCC(=O)NC2=O)C3=O)nn1. The first kappa shape index (κ1) is 22.4. The van der Waals surface area contributed by atoms with E-state index in [1.807, 2.05) is 0 Å². The van der Waals surface area contributed by atoms with Crippen molar-refractivity contribution in [3.8, 4) is 11.8 Å². The Morgan fingerprint density at radius 3 is 2.89 bits per heavy atom. The van der Waals surface area contributed by atoms with E-state index in [0.717, 1.165) is 10.4 Å². The average Bonchev–Trinajstić information content (AvgIpc) is 3.58. The summed E-state index contributed by atoms with van der Waals surface area (Å²) < 4.78 is 1.46. The molecule has 4 amide bonds. The van der Waals surface area contributed by atoms with E-state index in [9.17, 15) is 19.2 Å². The molecule has 2 aromatic heterocycles. The topological polar surface area (TPSA) is 141 Å². The Bertz CT molecular complexity index is 1420. The van der Waals surface area contributed by atoms with E-state index in [1.165, 1.54) is 32.0 Å². The summed E-state index contributed by atoms with van der Waals surface area (Å²) in [5.41, 5.74) is 2.55. The predicted octanol–water partition coefficient (Wildman–Crippen LogP) is 1.23. The van der Waals surface area contributed by atoms with Gasteiger partial charge in [0, 0.05) is 35.8 Å². The number of thiophene rings is 1. The molecule has 0 spiro atoms. The van der Waals surface area contributed by atoms with Gasteiger partial charge < -0.3 is 9.80 Å². The third kappa shape index (κ3) is 4.17. The van der Waals surface area contributed by atoms with Crippen LogP contribution in [0.15, 0.2) is 35.8 Å². The highest BCUT2D eigenvalue weighted by Crippen LogP contribution is 2.29. The smallest absolute Gasteiger partial charge is 0.276 e. The molecular weight excluding hydrogens is 470 g/mol. The van der Waals surface area contributed by atoms with E-state index in [1.54, 1.807) is 36.7 Å². The maximum absolute atomic E-state index is 12.9. The number of hydrogen-bond donors (Lipinski definition) is 1. The number of fused-ring (bicyclic) bond motifs is 1. The molecule has 1 N–H and O–H groups in total. The molecule has 12 heteroatoms. The van der Waals surface area contributed by atoms with Gasteiger partial charge in [-0.1, -0.05) is 5.21 Å². The second-order valence-corrected chi connectivity index (χ2v) is 9.36. The molecule has 3 aromatic rings. The molecule has 0 bridgehead atoms. The maximum atomic E-state index is 12.9. The van der Waals surface area contributed by atoms with Crippen molar-refractivity contribution in [3.63, 3.8) is 0 Å². The van der Waals surface area contributed by atoms with Crippen LogP contribution in [0.3, 0.4) is 0 Å². The summed E-state index contributed by atoms with van der Waals surface area (Å²) in [7, 11) is 1.65. The van der Waals surface area contributed by atoms with Gasteiger partial charge in [-0.2, -0.15) is 5.26 Å². The van der Waals surface area contributed by atoms with Crippen LogP contribution >= 0.6 is 11.3 Å². The van der Waals surface area contributed by atoms with Crippen molar-refractivity contribution >= 4 is 35.0 Å². The Balaban J connectivity index is 1.30. The Labute approximate surface area is 203 Å². The second-order valence-electron chi connectivity index (χ2n) is 8.36. The molecular formula is C23H19N7O4S. The number of piperidine rings is 1. The van der Waals surface area contributed by atoms with Gasteiger partial charge in [0.2, 0.25) is 11.8 Å². The molecule has 2 aliphatic rings. The van der Waals surface area contributed by atoms with Gasteiger partial charge in [0.1, 0.15) is 12.1 Å². The summed E-state index contributed by atoms with van der Waals surface area (Å²) in [4.78, 5) is 53.2. The van der Waals surface area contributed by atoms with Crippen molar-refractivity contribution in [1.29, 1.82) is 5.26 Å². The first-order valence-electron chi connectivity index (χ1n) is 10.8. The van der Waals surface area contributed by atoms with Crippen molar-refractivity contribution in [2.45, 2.75) is 32.0 Å². The van der Waals surface area contributed by atoms with Crippen molar-refractivity contribution < 1.29 is 19.2 Å². The summed E-state index contributed by atoms with van der Waals surface area (Å²) in [6, 6.07) is 8.28. The fourth-order valence-corrected chi connectivity index (χ4v) is 5.08. The van der Waals surface area contributed by atoms with Crippen LogP contribution in [0.25, 0.3) is 5.69 Å². The largest absolute Gasteiger partial charge is 0.335 e. The normalized spacial score (nSPS) is 17.2. The molecule has 176 valence electrons. The molecule has 4 heterocycles. The minimum absolute atomic E-state index is 0.159. The number of nitrogens with zero attached hydrogens (tertiary/aromatic N) is 6. The average molecular weight is 490 g/mol. The molecule has 1 atom stereocenters. The number of nitriles is 1. The van der Waals surface area contributed by atoms with Crippen LogP contribution in [0, 0.1) is 11.3 Å². The number of nitrogens with one attached hydrogen (secondary N) is 1. The molecule has 1 saturated heterocycles. The zero-order valence-corrected chi connectivity index (χ0v) is 19.4. The quantitative estimate of drug-likeness (QED) is 0.532. The highest BCUT2D eigenvalue weighted by atomic mass is 32.1. The van der Waals surface area contributed by atoms with Gasteiger partial charge in [-0.3, -0.25) is 24.5 Å². The lowest BCUT2D eigenvalue weighted by molar-refractivity contribution is -0.136. The van der Waals surface area contributed by atoms with Gasteiger partial charge in [0.25, 0.3) is 11.8 Å². The van der Waals surface area contributed by atoms with E-state index in [4.69, 9.17) is 5.26 Å². The van der Waals surface area contributed by atoms with Gasteiger partial charge in [-0.15, -0.1) is 16.4 Å². The molecule has 5 rings (SSSR count). The summed E-state index contributed by atoms with van der Waals surface area (Å²) in [5.74, 6) is -1.37. The van der Waals surface area contributed by atoms with Gasteiger partial charge in [0.15, 0.2) is 5.69 Å². The Hall–Kier alpha value is -4.37. The molecule has 1 unspecified atom stereocenters. The Morgan fingerprint density at radius 1 is 1.31 bits per heavy atom. The maximum Gasteiger partial charge on any atom is 0.276 e. The van der Waals surface area contributed by atoms with Crippen LogP contribution in [-0.4, -0.2) is 61.5 Å². The predicted molar refractivity (Wildman–Crippen MR) is 122 cm³/mol. The minimum atomic E-state index is -0.685. The molecule has 0 aliphatic carbocycles. The van der Waals surface area contributed by atoms with Crippen molar-refractivity contribution in [1.82, 2.24) is 30.1 Å². The van der Waals surface area contributed by atoms with Gasteiger partial charge >= 0.3 is 0 Å². The van der Waals surface area contributed by atoms with Gasteiger partial charge in [-0.25, -0.2) is 4.68 Å².